The maximum absolute atomic E-state index is 12.4. The van der Waals surface area contributed by atoms with Gasteiger partial charge in [-0.15, -0.1) is 0 Å². The summed E-state index contributed by atoms with van der Waals surface area (Å²) in [4.78, 5) is 26.5. The van der Waals surface area contributed by atoms with Crippen LogP contribution in [0.4, 0.5) is 0 Å². The van der Waals surface area contributed by atoms with Gasteiger partial charge in [-0.3, -0.25) is 14.3 Å². The third-order valence-corrected chi connectivity index (χ3v) is 6.20. The van der Waals surface area contributed by atoms with Crippen LogP contribution in [0.5, 0.6) is 0 Å². The molecule has 0 aliphatic carbocycles. The number of aryl methyl sites for hydroxylation is 1. The molecule has 3 aliphatic rings. The SMILES string of the molecule is Cc1cn([C@H]2C[C@H](OC3CCCCO3)[C@@](CO)(COC3CCCCO3)O2)c(=O)[nH]c1=O. The first-order valence-corrected chi connectivity index (χ1v) is 11.1. The van der Waals surface area contributed by atoms with E-state index in [4.69, 9.17) is 23.7 Å². The van der Waals surface area contributed by atoms with E-state index in [1.54, 1.807) is 6.92 Å². The summed E-state index contributed by atoms with van der Waals surface area (Å²) in [5, 5.41) is 10.4. The van der Waals surface area contributed by atoms with Gasteiger partial charge in [-0.25, -0.2) is 4.79 Å². The number of ether oxygens (including phenoxy) is 5. The summed E-state index contributed by atoms with van der Waals surface area (Å²) >= 11 is 0. The lowest BCUT2D eigenvalue weighted by atomic mass is 9.98. The van der Waals surface area contributed by atoms with Gasteiger partial charge in [0.15, 0.2) is 12.6 Å². The predicted octanol–water partition coefficient (Wildman–Crippen LogP) is 0.950. The van der Waals surface area contributed by atoms with Crippen molar-refractivity contribution in [2.24, 2.45) is 0 Å². The number of nitrogens with zero attached hydrogens (tertiary/aromatic N) is 1. The van der Waals surface area contributed by atoms with Crippen LogP contribution in [0.25, 0.3) is 0 Å². The molecule has 3 fully saturated rings. The van der Waals surface area contributed by atoms with E-state index >= 15 is 0 Å². The maximum Gasteiger partial charge on any atom is 0.330 e. The van der Waals surface area contributed by atoms with Gasteiger partial charge >= 0.3 is 5.69 Å². The topological polar surface area (TPSA) is 121 Å². The highest BCUT2D eigenvalue weighted by Gasteiger charge is 2.52. The molecule has 0 spiro atoms. The van der Waals surface area contributed by atoms with Gasteiger partial charge in [0, 0.05) is 31.4 Å². The zero-order chi connectivity index (χ0) is 21.8. The van der Waals surface area contributed by atoms with Crippen molar-refractivity contribution in [3.05, 3.63) is 32.6 Å². The van der Waals surface area contributed by atoms with Crippen molar-refractivity contribution in [2.45, 2.75) is 82.4 Å². The highest BCUT2D eigenvalue weighted by molar-refractivity contribution is 5.04. The van der Waals surface area contributed by atoms with Gasteiger partial charge < -0.3 is 28.8 Å². The molecule has 31 heavy (non-hydrogen) atoms. The number of rotatable bonds is 7. The number of H-pyrrole nitrogens is 1. The molecule has 1 aromatic rings. The Morgan fingerprint density at radius 1 is 1.16 bits per heavy atom. The fourth-order valence-corrected chi connectivity index (χ4v) is 4.33. The highest BCUT2D eigenvalue weighted by atomic mass is 16.7. The molecule has 3 aliphatic heterocycles. The molecular formula is C21H32N2O8. The van der Waals surface area contributed by atoms with Crippen LogP contribution < -0.4 is 11.2 Å². The van der Waals surface area contributed by atoms with Gasteiger partial charge in [0.25, 0.3) is 5.56 Å². The largest absolute Gasteiger partial charge is 0.393 e. The highest BCUT2D eigenvalue weighted by Crippen LogP contribution is 2.40. The quantitative estimate of drug-likeness (QED) is 0.643. The second kappa shape index (κ2) is 9.93. The van der Waals surface area contributed by atoms with Crippen molar-refractivity contribution in [3.8, 4) is 0 Å². The maximum atomic E-state index is 12.4. The van der Waals surface area contributed by atoms with E-state index in [-0.39, 0.29) is 19.5 Å². The van der Waals surface area contributed by atoms with Crippen molar-refractivity contribution < 1.29 is 28.8 Å². The molecule has 3 saturated heterocycles. The van der Waals surface area contributed by atoms with E-state index in [2.05, 4.69) is 4.98 Å². The summed E-state index contributed by atoms with van der Waals surface area (Å²) < 4.78 is 31.1. The second-order valence-corrected chi connectivity index (χ2v) is 8.54. The number of aliphatic hydroxyl groups is 1. The first kappa shape index (κ1) is 22.6. The molecule has 4 heterocycles. The molecule has 0 aromatic carbocycles. The van der Waals surface area contributed by atoms with E-state index in [9.17, 15) is 14.7 Å². The summed E-state index contributed by atoms with van der Waals surface area (Å²) in [5.41, 5.74) is -1.80. The summed E-state index contributed by atoms with van der Waals surface area (Å²) in [7, 11) is 0. The molecular weight excluding hydrogens is 408 g/mol. The van der Waals surface area contributed by atoms with Crippen LogP contribution in [-0.4, -0.2) is 65.4 Å². The Kier molecular flexibility index (Phi) is 7.25. The fraction of sp³-hybridized carbons (Fsp3) is 0.810. The summed E-state index contributed by atoms with van der Waals surface area (Å²) in [6, 6.07) is 0. The number of aromatic nitrogens is 2. The molecule has 5 atom stereocenters. The number of aromatic amines is 1. The third-order valence-electron chi connectivity index (χ3n) is 6.20. The Bertz CT molecular complexity index is 843. The monoisotopic (exact) mass is 440 g/mol. The van der Waals surface area contributed by atoms with Crippen molar-refractivity contribution >= 4 is 0 Å². The van der Waals surface area contributed by atoms with Crippen LogP contribution in [0.15, 0.2) is 15.8 Å². The second-order valence-electron chi connectivity index (χ2n) is 8.54. The van der Waals surface area contributed by atoms with E-state index in [1.165, 1.54) is 10.8 Å². The first-order valence-electron chi connectivity index (χ1n) is 11.1. The molecule has 0 radical (unpaired) electrons. The van der Waals surface area contributed by atoms with Gasteiger partial charge in [-0.05, 0) is 45.4 Å². The molecule has 10 heteroatoms. The van der Waals surface area contributed by atoms with Gasteiger partial charge in [-0.1, -0.05) is 0 Å². The lowest BCUT2D eigenvalue weighted by molar-refractivity contribution is -0.253. The van der Waals surface area contributed by atoms with Gasteiger partial charge in [0.05, 0.1) is 19.3 Å². The summed E-state index contributed by atoms with van der Waals surface area (Å²) in [6.07, 6.45) is 5.28. The smallest absolute Gasteiger partial charge is 0.330 e. The number of hydrogen-bond donors (Lipinski definition) is 2. The molecule has 2 unspecified atom stereocenters. The minimum absolute atomic E-state index is 0.0547. The number of hydrogen-bond acceptors (Lipinski definition) is 8. The van der Waals surface area contributed by atoms with Crippen molar-refractivity contribution in [2.75, 3.05) is 26.4 Å². The minimum Gasteiger partial charge on any atom is -0.393 e. The Morgan fingerprint density at radius 3 is 2.52 bits per heavy atom. The van der Waals surface area contributed by atoms with Crippen molar-refractivity contribution in [1.29, 1.82) is 0 Å². The van der Waals surface area contributed by atoms with Crippen LogP contribution in [0.3, 0.4) is 0 Å². The van der Waals surface area contributed by atoms with Gasteiger partial charge in [-0.2, -0.15) is 0 Å². The normalized spacial score (nSPS) is 34.1. The average molecular weight is 440 g/mol. The molecule has 1 aromatic heterocycles. The van der Waals surface area contributed by atoms with Crippen LogP contribution in [0.2, 0.25) is 0 Å². The minimum atomic E-state index is -1.18. The summed E-state index contributed by atoms with van der Waals surface area (Å²) in [6.45, 7) is 2.58. The number of nitrogens with one attached hydrogen (secondary N) is 1. The molecule has 4 rings (SSSR count). The van der Waals surface area contributed by atoms with Crippen molar-refractivity contribution in [3.63, 3.8) is 0 Å². The van der Waals surface area contributed by atoms with E-state index in [1.807, 2.05) is 0 Å². The van der Waals surface area contributed by atoms with Crippen LogP contribution >= 0.6 is 0 Å². The summed E-state index contributed by atoms with van der Waals surface area (Å²) in [5.74, 6) is 0. The zero-order valence-corrected chi connectivity index (χ0v) is 17.9. The Labute approximate surface area is 180 Å². The third kappa shape index (κ3) is 5.10. The standard InChI is InChI=1S/C21H32N2O8/c1-14-11-23(20(26)22-19(14)25)16-10-15(30-18-7-3-5-9-28-18)21(12-24,31-16)13-29-17-6-2-4-8-27-17/h11,15-18,24H,2-10,12-13H2,1H3,(H,22,25,26)/t15-,16+,17?,18?,21+/m0/s1. The lowest BCUT2D eigenvalue weighted by Gasteiger charge is -2.36. The zero-order valence-electron chi connectivity index (χ0n) is 17.9. The lowest BCUT2D eigenvalue weighted by Crippen LogP contribution is -2.51. The first-order chi connectivity index (χ1) is 15.0. The molecule has 174 valence electrons. The Hall–Kier alpha value is -1.56. The van der Waals surface area contributed by atoms with Gasteiger partial charge in [0.1, 0.15) is 11.8 Å². The fourth-order valence-electron chi connectivity index (χ4n) is 4.33. The molecule has 2 N–H and O–H groups in total. The van der Waals surface area contributed by atoms with Crippen LogP contribution in [-0.2, 0) is 23.7 Å². The Balaban J connectivity index is 1.56. The molecule has 10 nitrogen and oxygen atoms in total. The van der Waals surface area contributed by atoms with Gasteiger partial charge in [0.2, 0.25) is 0 Å². The van der Waals surface area contributed by atoms with Crippen molar-refractivity contribution in [1.82, 2.24) is 9.55 Å². The van der Waals surface area contributed by atoms with E-state index in [0.29, 0.717) is 25.2 Å². The Morgan fingerprint density at radius 2 is 1.87 bits per heavy atom. The molecule has 0 saturated carbocycles. The average Bonchev–Trinajstić information content (AvgIpc) is 3.14. The van der Waals surface area contributed by atoms with E-state index < -0.39 is 35.5 Å². The molecule has 0 amide bonds. The van der Waals surface area contributed by atoms with Crippen LogP contribution in [0, 0.1) is 6.92 Å². The number of aliphatic hydroxyl groups excluding tert-OH is 1. The van der Waals surface area contributed by atoms with Crippen LogP contribution in [0.1, 0.15) is 56.7 Å². The molecule has 0 bridgehead atoms. The van der Waals surface area contributed by atoms with E-state index in [0.717, 1.165) is 38.5 Å². The predicted molar refractivity (Wildman–Crippen MR) is 109 cm³/mol.